The number of nitrogens with two attached hydrogens (primary N) is 1. The molecule has 0 heterocycles. The van der Waals surface area contributed by atoms with Crippen LogP contribution in [0, 0.1) is 0 Å². The predicted octanol–water partition coefficient (Wildman–Crippen LogP) is 4.39. The SMILES string of the molecule is C=C(N)c1ccccc1C(C)C(C)NC1CCc2ccccc21. The largest absolute Gasteiger partial charge is 0.399 e. The fraction of sp³-hybridized carbons (Fsp3) is 0.333. The molecule has 3 rings (SSSR count). The molecule has 0 amide bonds. The van der Waals surface area contributed by atoms with Gasteiger partial charge in [0.15, 0.2) is 0 Å². The highest BCUT2D eigenvalue weighted by Gasteiger charge is 2.26. The van der Waals surface area contributed by atoms with E-state index in [1.165, 1.54) is 29.5 Å². The summed E-state index contributed by atoms with van der Waals surface area (Å²) < 4.78 is 0. The summed E-state index contributed by atoms with van der Waals surface area (Å²) in [6, 6.07) is 17.9. The Morgan fingerprint density at radius 3 is 2.61 bits per heavy atom. The van der Waals surface area contributed by atoms with E-state index in [0.29, 0.717) is 23.7 Å². The van der Waals surface area contributed by atoms with Gasteiger partial charge in [0.2, 0.25) is 0 Å². The van der Waals surface area contributed by atoms with E-state index in [0.717, 1.165) is 5.56 Å². The molecule has 0 fully saturated rings. The lowest BCUT2D eigenvalue weighted by molar-refractivity contribution is 0.412. The summed E-state index contributed by atoms with van der Waals surface area (Å²) in [5.74, 6) is 0.374. The van der Waals surface area contributed by atoms with Crippen LogP contribution in [-0.4, -0.2) is 6.04 Å². The zero-order valence-corrected chi connectivity index (χ0v) is 14.0. The molecular weight excluding hydrogens is 280 g/mol. The average molecular weight is 306 g/mol. The molecule has 2 aromatic rings. The Morgan fingerprint density at radius 2 is 1.83 bits per heavy atom. The number of nitrogens with one attached hydrogen (secondary N) is 1. The van der Waals surface area contributed by atoms with E-state index in [2.05, 4.69) is 68.2 Å². The zero-order chi connectivity index (χ0) is 16.4. The second-order valence-corrected chi connectivity index (χ2v) is 6.65. The van der Waals surface area contributed by atoms with Crippen molar-refractivity contribution in [2.24, 2.45) is 5.73 Å². The van der Waals surface area contributed by atoms with Gasteiger partial charge in [-0.2, -0.15) is 0 Å². The molecule has 2 heteroatoms. The second kappa shape index (κ2) is 6.59. The van der Waals surface area contributed by atoms with Crippen LogP contribution in [0.5, 0.6) is 0 Å². The van der Waals surface area contributed by atoms with Crippen molar-refractivity contribution in [2.45, 2.75) is 44.7 Å². The Bertz CT molecular complexity index is 704. The summed E-state index contributed by atoms with van der Waals surface area (Å²) in [7, 11) is 0. The van der Waals surface area contributed by atoms with Gasteiger partial charge in [-0.3, -0.25) is 0 Å². The molecule has 120 valence electrons. The second-order valence-electron chi connectivity index (χ2n) is 6.65. The van der Waals surface area contributed by atoms with E-state index >= 15 is 0 Å². The first-order valence-corrected chi connectivity index (χ1v) is 8.45. The molecule has 23 heavy (non-hydrogen) atoms. The third-order valence-electron chi connectivity index (χ3n) is 5.14. The number of aryl methyl sites for hydroxylation is 1. The van der Waals surface area contributed by atoms with Crippen molar-refractivity contribution in [3.8, 4) is 0 Å². The van der Waals surface area contributed by atoms with Gasteiger partial charge in [0.1, 0.15) is 0 Å². The summed E-state index contributed by atoms with van der Waals surface area (Å²) in [4.78, 5) is 0. The van der Waals surface area contributed by atoms with Crippen LogP contribution in [0.25, 0.3) is 5.70 Å². The topological polar surface area (TPSA) is 38.0 Å². The molecule has 3 N–H and O–H groups in total. The molecule has 0 spiro atoms. The first kappa shape index (κ1) is 15.8. The highest BCUT2D eigenvalue weighted by molar-refractivity contribution is 5.64. The maximum Gasteiger partial charge on any atom is 0.0328 e. The molecule has 0 saturated heterocycles. The van der Waals surface area contributed by atoms with Gasteiger partial charge >= 0.3 is 0 Å². The van der Waals surface area contributed by atoms with Crippen LogP contribution in [0.15, 0.2) is 55.1 Å². The van der Waals surface area contributed by atoms with Crippen LogP contribution in [0.4, 0.5) is 0 Å². The Hall–Kier alpha value is -2.06. The fourth-order valence-corrected chi connectivity index (χ4v) is 3.65. The highest BCUT2D eigenvalue weighted by Crippen LogP contribution is 2.33. The molecule has 3 atom stereocenters. The summed E-state index contributed by atoms with van der Waals surface area (Å²) in [5, 5.41) is 3.83. The number of rotatable bonds is 5. The van der Waals surface area contributed by atoms with E-state index in [1.54, 1.807) is 0 Å². The Labute approximate surface area is 139 Å². The van der Waals surface area contributed by atoms with Gasteiger partial charge in [-0.05, 0) is 42.4 Å². The maximum absolute atomic E-state index is 5.96. The van der Waals surface area contributed by atoms with Gasteiger partial charge in [-0.1, -0.05) is 62.0 Å². The molecular formula is C21H26N2. The van der Waals surface area contributed by atoms with Crippen LogP contribution in [0.1, 0.15) is 54.5 Å². The van der Waals surface area contributed by atoms with Gasteiger partial charge in [0.05, 0.1) is 0 Å². The summed E-state index contributed by atoms with van der Waals surface area (Å²) in [5.41, 5.74) is 11.9. The predicted molar refractivity (Wildman–Crippen MR) is 98.2 cm³/mol. The molecule has 3 unspecified atom stereocenters. The normalized spacial score (nSPS) is 19.1. The minimum Gasteiger partial charge on any atom is -0.399 e. The Kier molecular flexibility index (Phi) is 4.53. The summed E-state index contributed by atoms with van der Waals surface area (Å²) in [6.45, 7) is 8.45. The van der Waals surface area contributed by atoms with Gasteiger partial charge in [-0.15, -0.1) is 0 Å². The van der Waals surface area contributed by atoms with Crippen molar-refractivity contribution < 1.29 is 0 Å². The van der Waals surface area contributed by atoms with Gasteiger partial charge in [-0.25, -0.2) is 0 Å². The molecule has 0 radical (unpaired) electrons. The van der Waals surface area contributed by atoms with E-state index < -0.39 is 0 Å². The lowest BCUT2D eigenvalue weighted by Gasteiger charge is -2.27. The van der Waals surface area contributed by atoms with Gasteiger partial charge in [0.25, 0.3) is 0 Å². The maximum atomic E-state index is 5.96. The van der Waals surface area contributed by atoms with Crippen LogP contribution in [0.2, 0.25) is 0 Å². The molecule has 2 nitrogen and oxygen atoms in total. The van der Waals surface area contributed by atoms with Crippen LogP contribution < -0.4 is 11.1 Å². The Balaban J connectivity index is 1.77. The molecule has 0 aliphatic heterocycles. The number of benzene rings is 2. The number of hydrogen-bond donors (Lipinski definition) is 2. The van der Waals surface area contributed by atoms with E-state index in [1.807, 2.05) is 6.07 Å². The first-order valence-electron chi connectivity index (χ1n) is 8.45. The van der Waals surface area contributed by atoms with E-state index in [-0.39, 0.29) is 0 Å². The minimum absolute atomic E-state index is 0.367. The molecule has 1 aliphatic carbocycles. The van der Waals surface area contributed by atoms with Gasteiger partial charge in [0, 0.05) is 23.3 Å². The first-order chi connectivity index (χ1) is 11.1. The average Bonchev–Trinajstić information content (AvgIpc) is 2.97. The summed E-state index contributed by atoms with van der Waals surface area (Å²) >= 11 is 0. The van der Waals surface area contributed by atoms with Crippen molar-refractivity contribution in [1.82, 2.24) is 5.32 Å². The zero-order valence-electron chi connectivity index (χ0n) is 14.0. The summed E-state index contributed by atoms with van der Waals surface area (Å²) in [6.07, 6.45) is 2.35. The van der Waals surface area contributed by atoms with Crippen molar-refractivity contribution in [2.75, 3.05) is 0 Å². The van der Waals surface area contributed by atoms with Crippen molar-refractivity contribution >= 4 is 5.70 Å². The van der Waals surface area contributed by atoms with Crippen LogP contribution in [0.3, 0.4) is 0 Å². The van der Waals surface area contributed by atoms with Gasteiger partial charge < -0.3 is 11.1 Å². The van der Waals surface area contributed by atoms with Crippen molar-refractivity contribution in [3.05, 3.63) is 77.4 Å². The molecule has 0 saturated carbocycles. The number of hydrogen-bond acceptors (Lipinski definition) is 2. The van der Waals surface area contributed by atoms with E-state index in [4.69, 9.17) is 5.73 Å². The monoisotopic (exact) mass is 306 g/mol. The lowest BCUT2D eigenvalue weighted by Crippen LogP contribution is -2.34. The molecule has 0 bridgehead atoms. The number of fused-ring (bicyclic) bond motifs is 1. The smallest absolute Gasteiger partial charge is 0.0328 e. The molecule has 0 aromatic heterocycles. The third-order valence-corrected chi connectivity index (χ3v) is 5.14. The van der Waals surface area contributed by atoms with Crippen molar-refractivity contribution in [3.63, 3.8) is 0 Å². The third kappa shape index (κ3) is 3.18. The fourth-order valence-electron chi connectivity index (χ4n) is 3.65. The van der Waals surface area contributed by atoms with Crippen LogP contribution >= 0.6 is 0 Å². The minimum atomic E-state index is 0.367. The van der Waals surface area contributed by atoms with Crippen molar-refractivity contribution in [1.29, 1.82) is 0 Å². The Morgan fingerprint density at radius 1 is 1.13 bits per heavy atom. The lowest BCUT2D eigenvalue weighted by atomic mass is 9.89. The molecule has 2 aromatic carbocycles. The van der Waals surface area contributed by atoms with Crippen LogP contribution in [-0.2, 0) is 6.42 Å². The highest BCUT2D eigenvalue weighted by atomic mass is 15.0. The quantitative estimate of drug-likeness (QED) is 0.860. The standard InChI is InChI=1S/C21H26N2/c1-14(18-9-6-7-10-19(18)15(2)22)16(3)23-21-13-12-17-8-4-5-11-20(17)21/h4-11,14,16,21,23H,2,12-13,22H2,1,3H3. The molecule has 1 aliphatic rings. The van der Waals surface area contributed by atoms with E-state index in [9.17, 15) is 0 Å².